The second-order valence-electron chi connectivity index (χ2n) is 7.79. The van der Waals surface area contributed by atoms with Crippen LogP contribution in [0.25, 0.3) is 11.4 Å². The van der Waals surface area contributed by atoms with E-state index in [0.717, 1.165) is 25.1 Å². The molecular formula is C22H26N4O2. The lowest BCUT2D eigenvalue weighted by molar-refractivity contribution is 0.0551. The van der Waals surface area contributed by atoms with Gasteiger partial charge in [-0.2, -0.15) is 4.98 Å². The van der Waals surface area contributed by atoms with E-state index in [9.17, 15) is 5.11 Å². The molecule has 1 unspecified atom stereocenters. The van der Waals surface area contributed by atoms with Crippen LogP contribution in [0.2, 0.25) is 0 Å². The minimum atomic E-state index is -0.790. The molecule has 1 N–H and O–H groups in total. The van der Waals surface area contributed by atoms with Crippen molar-refractivity contribution in [3.8, 4) is 11.4 Å². The molecule has 4 rings (SSSR count). The fourth-order valence-corrected chi connectivity index (χ4v) is 3.75. The maximum atomic E-state index is 11.1. The van der Waals surface area contributed by atoms with E-state index >= 15 is 0 Å². The van der Waals surface area contributed by atoms with E-state index < -0.39 is 5.60 Å². The SMILES string of the molecule is Cc1ccc(-c2noc(N(C)CC3(O)CCN(Cc4ccccc4)C3)n2)cc1. The number of benzene rings is 2. The van der Waals surface area contributed by atoms with Crippen LogP contribution in [0.3, 0.4) is 0 Å². The Morgan fingerprint density at radius 1 is 1.14 bits per heavy atom. The monoisotopic (exact) mass is 378 g/mol. The molecule has 6 heteroatoms. The summed E-state index contributed by atoms with van der Waals surface area (Å²) in [6.07, 6.45) is 0.725. The maximum absolute atomic E-state index is 11.1. The molecule has 0 radical (unpaired) electrons. The number of hydrogen-bond acceptors (Lipinski definition) is 6. The van der Waals surface area contributed by atoms with Gasteiger partial charge in [0.05, 0.1) is 12.1 Å². The van der Waals surface area contributed by atoms with Gasteiger partial charge < -0.3 is 14.5 Å². The lowest BCUT2D eigenvalue weighted by Gasteiger charge is -2.27. The smallest absolute Gasteiger partial charge is 0.324 e. The molecule has 0 spiro atoms. The van der Waals surface area contributed by atoms with Crippen LogP contribution in [0.1, 0.15) is 17.5 Å². The normalized spacial score (nSPS) is 19.8. The summed E-state index contributed by atoms with van der Waals surface area (Å²) in [6, 6.07) is 18.8. The maximum Gasteiger partial charge on any atom is 0.324 e. The summed E-state index contributed by atoms with van der Waals surface area (Å²) < 4.78 is 5.43. The molecule has 0 aliphatic carbocycles. The summed E-state index contributed by atoms with van der Waals surface area (Å²) in [5.74, 6) is 0.561. The average Bonchev–Trinajstić information content (AvgIpc) is 3.31. The van der Waals surface area contributed by atoms with Crippen LogP contribution in [0.15, 0.2) is 59.1 Å². The van der Waals surface area contributed by atoms with Crippen LogP contribution < -0.4 is 4.90 Å². The number of hydrogen-bond donors (Lipinski definition) is 1. The van der Waals surface area contributed by atoms with Crippen LogP contribution >= 0.6 is 0 Å². The van der Waals surface area contributed by atoms with Crippen molar-refractivity contribution in [2.24, 2.45) is 0 Å². The van der Waals surface area contributed by atoms with Crippen molar-refractivity contribution in [3.63, 3.8) is 0 Å². The number of aryl methyl sites for hydroxylation is 1. The van der Waals surface area contributed by atoms with E-state index in [-0.39, 0.29) is 0 Å². The second kappa shape index (κ2) is 7.73. The van der Waals surface area contributed by atoms with E-state index in [4.69, 9.17) is 4.52 Å². The second-order valence-corrected chi connectivity index (χ2v) is 7.79. The van der Waals surface area contributed by atoms with Crippen molar-refractivity contribution in [2.45, 2.75) is 25.5 Å². The summed E-state index contributed by atoms with van der Waals surface area (Å²) in [7, 11) is 1.88. The molecule has 28 heavy (non-hydrogen) atoms. The zero-order valence-electron chi connectivity index (χ0n) is 16.4. The van der Waals surface area contributed by atoms with Crippen LogP contribution in [-0.2, 0) is 6.54 Å². The predicted octanol–water partition coefficient (Wildman–Crippen LogP) is 3.12. The van der Waals surface area contributed by atoms with Gasteiger partial charge >= 0.3 is 6.01 Å². The number of anilines is 1. The molecule has 0 amide bonds. The van der Waals surface area contributed by atoms with Crippen molar-refractivity contribution < 1.29 is 9.63 Å². The van der Waals surface area contributed by atoms with Gasteiger partial charge in [-0.1, -0.05) is 65.3 Å². The molecule has 3 aromatic rings. The molecule has 1 fully saturated rings. The molecule has 1 aromatic heterocycles. The number of nitrogens with zero attached hydrogens (tertiary/aromatic N) is 4. The Morgan fingerprint density at radius 2 is 1.89 bits per heavy atom. The van der Waals surface area contributed by atoms with Crippen LogP contribution in [-0.4, -0.2) is 52.4 Å². The first-order valence-corrected chi connectivity index (χ1v) is 9.61. The van der Waals surface area contributed by atoms with E-state index in [1.165, 1.54) is 11.1 Å². The Bertz CT molecular complexity index is 910. The topological polar surface area (TPSA) is 65.6 Å². The fourth-order valence-electron chi connectivity index (χ4n) is 3.75. The van der Waals surface area contributed by atoms with E-state index in [1.54, 1.807) is 0 Å². The summed E-state index contributed by atoms with van der Waals surface area (Å²) in [6.45, 7) is 4.85. The number of aromatic nitrogens is 2. The molecule has 0 saturated carbocycles. The van der Waals surface area contributed by atoms with E-state index in [2.05, 4.69) is 27.2 Å². The number of rotatable bonds is 6. The van der Waals surface area contributed by atoms with Gasteiger partial charge in [-0.25, -0.2) is 0 Å². The van der Waals surface area contributed by atoms with Crippen molar-refractivity contribution in [1.29, 1.82) is 0 Å². The molecule has 0 bridgehead atoms. The minimum absolute atomic E-state index is 0.422. The van der Waals surface area contributed by atoms with Crippen molar-refractivity contribution in [1.82, 2.24) is 15.0 Å². The molecule has 2 aromatic carbocycles. The van der Waals surface area contributed by atoms with Gasteiger partial charge in [0.25, 0.3) is 0 Å². The number of β-amino-alcohol motifs (C(OH)–C–C–N with tert-alkyl or cyclic N) is 1. The third kappa shape index (κ3) is 4.24. The largest absolute Gasteiger partial charge is 0.387 e. The molecule has 1 atom stereocenters. The first-order chi connectivity index (χ1) is 13.5. The zero-order chi connectivity index (χ0) is 19.6. The lowest BCUT2D eigenvalue weighted by Crippen LogP contribution is -2.44. The van der Waals surface area contributed by atoms with Gasteiger partial charge in [-0.05, 0) is 18.9 Å². The Morgan fingerprint density at radius 3 is 2.64 bits per heavy atom. The third-order valence-corrected chi connectivity index (χ3v) is 5.24. The summed E-state index contributed by atoms with van der Waals surface area (Å²) in [5.41, 5.74) is 2.58. The molecule has 146 valence electrons. The van der Waals surface area contributed by atoms with Crippen LogP contribution in [0.5, 0.6) is 0 Å². The predicted molar refractivity (Wildman–Crippen MR) is 109 cm³/mol. The van der Waals surface area contributed by atoms with Crippen molar-refractivity contribution in [3.05, 3.63) is 65.7 Å². The van der Waals surface area contributed by atoms with Crippen molar-refractivity contribution in [2.75, 3.05) is 31.6 Å². The fraction of sp³-hybridized carbons (Fsp3) is 0.364. The Kier molecular flexibility index (Phi) is 5.15. The van der Waals surface area contributed by atoms with Crippen molar-refractivity contribution >= 4 is 6.01 Å². The van der Waals surface area contributed by atoms with Crippen LogP contribution in [0, 0.1) is 6.92 Å². The summed E-state index contributed by atoms with van der Waals surface area (Å²) in [4.78, 5) is 8.62. The van der Waals surface area contributed by atoms with Crippen LogP contribution in [0.4, 0.5) is 6.01 Å². The summed E-state index contributed by atoms with van der Waals surface area (Å²) >= 11 is 0. The molecule has 1 aliphatic rings. The van der Waals surface area contributed by atoms with Gasteiger partial charge in [0.2, 0.25) is 5.82 Å². The first-order valence-electron chi connectivity index (χ1n) is 9.61. The lowest BCUT2D eigenvalue weighted by atomic mass is 10.0. The highest BCUT2D eigenvalue weighted by Gasteiger charge is 2.37. The van der Waals surface area contributed by atoms with Gasteiger partial charge in [-0.15, -0.1) is 0 Å². The van der Waals surface area contributed by atoms with Gasteiger partial charge in [0.1, 0.15) is 0 Å². The standard InChI is InChI=1S/C22H26N4O2/c1-17-8-10-19(11-9-17)20-23-21(28-24-20)25(2)15-22(27)12-13-26(16-22)14-18-6-4-3-5-7-18/h3-11,27H,12-16H2,1-2H3. The third-order valence-electron chi connectivity index (χ3n) is 5.24. The summed E-state index contributed by atoms with van der Waals surface area (Å²) in [5, 5.41) is 15.1. The van der Waals surface area contributed by atoms with E-state index in [1.807, 2.05) is 61.3 Å². The molecular weight excluding hydrogens is 352 g/mol. The van der Waals surface area contributed by atoms with E-state index in [0.29, 0.717) is 24.9 Å². The molecule has 1 aliphatic heterocycles. The highest BCUT2D eigenvalue weighted by Crippen LogP contribution is 2.26. The quantitative estimate of drug-likeness (QED) is 0.711. The molecule has 6 nitrogen and oxygen atoms in total. The minimum Gasteiger partial charge on any atom is -0.387 e. The van der Waals surface area contributed by atoms with Gasteiger partial charge in [0.15, 0.2) is 0 Å². The highest BCUT2D eigenvalue weighted by molar-refractivity contribution is 5.56. The van der Waals surface area contributed by atoms with Gasteiger partial charge in [0, 0.05) is 32.2 Å². The highest BCUT2D eigenvalue weighted by atomic mass is 16.5. The van der Waals surface area contributed by atoms with Gasteiger partial charge in [-0.3, -0.25) is 4.90 Å². The average molecular weight is 378 g/mol. The number of aliphatic hydroxyl groups is 1. The Hall–Kier alpha value is -2.70. The molecule has 1 saturated heterocycles. The Balaban J connectivity index is 1.38. The first kappa shape index (κ1) is 18.7. The number of likely N-dealkylation sites (N-methyl/N-ethyl adjacent to an activating group) is 1. The number of likely N-dealkylation sites (tertiary alicyclic amines) is 1. The zero-order valence-corrected chi connectivity index (χ0v) is 16.4. The Labute approximate surface area is 165 Å². The molecule has 2 heterocycles.